The van der Waals surface area contributed by atoms with Gasteiger partial charge in [-0.1, -0.05) is 18.2 Å². The number of hydrogen-bond acceptors (Lipinski definition) is 4. The van der Waals surface area contributed by atoms with Crippen LogP contribution in [0.3, 0.4) is 0 Å². The Morgan fingerprint density at radius 2 is 2.33 bits per heavy atom. The number of ether oxygens (including phenoxy) is 2. The SMILES string of the molecule is CNC(c1cccc2c1OCC2)C1CN2CCCC2CO1. The molecule has 4 heteroatoms. The van der Waals surface area contributed by atoms with Gasteiger partial charge in [0.2, 0.25) is 0 Å². The highest BCUT2D eigenvalue weighted by atomic mass is 16.5. The van der Waals surface area contributed by atoms with E-state index in [4.69, 9.17) is 9.47 Å². The minimum Gasteiger partial charge on any atom is -0.493 e. The van der Waals surface area contributed by atoms with Crippen molar-refractivity contribution in [1.29, 1.82) is 0 Å². The molecule has 4 nitrogen and oxygen atoms in total. The van der Waals surface area contributed by atoms with Crippen molar-refractivity contribution in [1.82, 2.24) is 10.2 Å². The Kier molecular flexibility index (Phi) is 3.61. The van der Waals surface area contributed by atoms with Crippen LogP contribution >= 0.6 is 0 Å². The van der Waals surface area contributed by atoms with E-state index in [1.807, 2.05) is 7.05 Å². The maximum atomic E-state index is 6.20. The molecule has 0 radical (unpaired) electrons. The van der Waals surface area contributed by atoms with Gasteiger partial charge in [0, 0.05) is 24.6 Å². The zero-order valence-corrected chi connectivity index (χ0v) is 12.7. The van der Waals surface area contributed by atoms with Crippen LogP contribution in [0.1, 0.15) is 30.0 Å². The van der Waals surface area contributed by atoms with Crippen molar-refractivity contribution in [2.24, 2.45) is 0 Å². The maximum Gasteiger partial charge on any atom is 0.127 e. The van der Waals surface area contributed by atoms with Crippen LogP contribution < -0.4 is 10.1 Å². The predicted molar refractivity (Wildman–Crippen MR) is 81.8 cm³/mol. The van der Waals surface area contributed by atoms with Gasteiger partial charge in [0.1, 0.15) is 5.75 Å². The molecule has 21 heavy (non-hydrogen) atoms. The Bertz CT molecular complexity index is 520. The lowest BCUT2D eigenvalue weighted by molar-refractivity contribution is -0.0645. The van der Waals surface area contributed by atoms with E-state index in [0.29, 0.717) is 6.04 Å². The average molecular weight is 288 g/mol. The van der Waals surface area contributed by atoms with E-state index in [0.717, 1.165) is 31.9 Å². The molecule has 1 aromatic carbocycles. The molecule has 3 heterocycles. The number of likely N-dealkylation sites (N-methyl/N-ethyl adjacent to an activating group) is 1. The number of para-hydroxylation sites is 1. The molecule has 0 bridgehead atoms. The molecule has 2 fully saturated rings. The number of nitrogens with zero attached hydrogens (tertiary/aromatic N) is 1. The van der Waals surface area contributed by atoms with Crippen molar-refractivity contribution < 1.29 is 9.47 Å². The monoisotopic (exact) mass is 288 g/mol. The van der Waals surface area contributed by atoms with Crippen LogP contribution in [-0.4, -0.2) is 50.4 Å². The third-order valence-corrected chi connectivity index (χ3v) is 5.18. The van der Waals surface area contributed by atoms with Crippen LogP contribution in [0.15, 0.2) is 18.2 Å². The summed E-state index contributed by atoms with van der Waals surface area (Å²) in [6.07, 6.45) is 3.84. The Morgan fingerprint density at radius 1 is 1.38 bits per heavy atom. The van der Waals surface area contributed by atoms with Crippen LogP contribution in [0.5, 0.6) is 5.75 Å². The first kappa shape index (κ1) is 13.6. The standard InChI is InChI=1S/C17H24N2O2/c1-18-16(14-6-2-4-12-7-9-20-17(12)14)15-10-19-8-3-5-13(19)11-21-15/h2,4,6,13,15-16,18H,3,5,7-11H2,1H3. The highest BCUT2D eigenvalue weighted by molar-refractivity contribution is 5.46. The van der Waals surface area contributed by atoms with Gasteiger partial charge in [0.05, 0.1) is 25.4 Å². The first-order valence-corrected chi connectivity index (χ1v) is 8.14. The van der Waals surface area contributed by atoms with Gasteiger partial charge in [-0.15, -0.1) is 0 Å². The zero-order chi connectivity index (χ0) is 14.2. The molecule has 3 aliphatic heterocycles. The van der Waals surface area contributed by atoms with Gasteiger partial charge < -0.3 is 14.8 Å². The highest BCUT2D eigenvalue weighted by Gasteiger charge is 2.37. The van der Waals surface area contributed by atoms with Gasteiger partial charge in [-0.3, -0.25) is 4.90 Å². The van der Waals surface area contributed by atoms with E-state index in [9.17, 15) is 0 Å². The highest BCUT2D eigenvalue weighted by Crippen LogP contribution is 2.37. The third kappa shape index (κ3) is 2.35. The fourth-order valence-corrected chi connectivity index (χ4v) is 4.07. The lowest BCUT2D eigenvalue weighted by atomic mass is 9.96. The Balaban J connectivity index is 1.59. The summed E-state index contributed by atoms with van der Waals surface area (Å²) in [4.78, 5) is 2.60. The van der Waals surface area contributed by atoms with Crippen LogP contribution in [0.25, 0.3) is 0 Å². The quantitative estimate of drug-likeness (QED) is 0.919. The normalized spacial score (nSPS) is 29.8. The average Bonchev–Trinajstić information content (AvgIpc) is 3.16. The van der Waals surface area contributed by atoms with Crippen LogP contribution in [0.2, 0.25) is 0 Å². The number of fused-ring (bicyclic) bond motifs is 2. The second-order valence-corrected chi connectivity index (χ2v) is 6.36. The summed E-state index contributed by atoms with van der Waals surface area (Å²) in [6.45, 7) is 3.94. The molecule has 0 saturated carbocycles. The molecule has 3 atom stereocenters. The summed E-state index contributed by atoms with van der Waals surface area (Å²) in [5, 5.41) is 3.47. The predicted octanol–water partition coefficient (Wildman–Crippen LogP) is 1.75. The molecule has 1 N–H and O–H groups in total. The van der Waals surface area contributed by atoms with Crippen molar-refractivity contribution in [2.45, 2.75) is 37.5 Å². The lowest BCUT2D eigenvalue weighted by Crippen LogP contribution is -2.50. The summed E-state index contributed by atoms with van der Waals surface area (Å²) in [6, 6.07) is 7.37. The first-order chi connectivity index (χ1) is 10.4. The summed E-state index contributed by atoms with van der Waals surface area (Å²) in [7, 11) is 2.03. The minimum atomic E-state index is 0.208. The number of nitrogens with one attached hydrogen (secondary N) is 1. The summed E-state index contributed by atoms with van der Waals surface area (Å²) in [5.41, 5.74) is 2.60. The van der Waals surface area contributed by atoms with E-state index < -0.39 is 0 Å². The lowest BCUT2D eigenvalue weighted by Gasteiger charge is -2.39. The van der Waals surface area contributed by atoms with Gasteiger partial charge in [0.25, 0.3) is 0 Å². The number of hydrogen-bond donors (Lipinski definition) is 1. The van der Waals surface area contributed by atoms with Crippen molar-refractivity contribution in [2.75, 3.05) is 33.4 Å². The molecule has 4 rings (SSSR count). The van der Waals surface area contributed by atoms with E-state index in [1.54, 1.807) is 0 Å². The Labute approximate surface area is 126 Å². The second-order valence-electron chi connectivity index (χ2n) is 6.36. The van der Waals surface area contributed by atoms with Gasteiger partial charge in [-0.2, -0.15) is 0 Å². The van der Waals surface area contributed by atoms with Crippen LogP contribution in [-0.2, 0) is 11.2 Å². The van der Waals surface area contributed by atoms with Crippen molar-refractivity contribution >= 4 is 0 Å². The molecule has 3 aliphatic rings. The summed E-state index contributed by atoms with van der Waals surface area (Å²) in [5.74, 6) is 1.09. The molecule has 0 aliphatic carbocycles. The number of rotatable bonds is 3. The fraction of sp³-hybridized carbons (Fsp3) is 0.647. The zero-order valence-electron chi connectivity index (χ0n) is 12.7. The van der Waals surface area contributed by atoms with E-state index >= 15 is 0 Å². The summed E-state index contributed by atoms with van der Waals surface area (Å²) >= 11 is 0. The van der Waals surface area contributed by atoms with E-state index in [2.05, 4.69) is 28.4 Å². The van der Waals surface area contributed by atoms with Gasteiger partial charge in [-0.25, -0.2) is 0 Å². The third-order valence-electron chi connectivity index (χ3n) is 5.18. The second kappa shape index (κ2) is 5.59. The molecule has 2 saturated heterocycles. The van der Waals surface area contributed by atoms with E-state index in [-0.39, 0.29) is 12.1 Å². The smallest absolute Gasteiger partial charge is 0.127 e. The Morgan fingerprint density at radius 3 is 3.24 bits per heavy atom. The summed E-state index contributed by atoms with van der Waals surface area (Å²) < 4.78 is 12.1. The fourth-order valence-electron chi connectivity index (χ4n) is 4.07. The maximum absolute atomic E-state index is 6.20. The molecule has 0 amide bonds. The molecule has 1 aromatic rings. The van der Waals surface area contributed by atoms with Crippen molar-refractivity contribution in [3.63, 3.8) is 0 Å². The molecule has 114 valence electrons. The van der Waals surface area contributed by atoms with Crippen LogP contribution in [0, 0.1) is 0 Å². The number of morpholine rings is 1. The van der Waals surface area contributed by atoms with Gasteiger partial charge in [0.15, 0.2) is 0 Å². The van der Waals surface area contributed by atoms with Gasteiger partial charge in [-0.05, 0) is 32.0 Å². The molecule has 3 unspecified atom stereocenters. The molecule has 0 aromatic heterocycles. The van der Waals surface area contributed by atoms with Crippen molar-refractivity contribution in [3.8, 4) is 5.75 Å². The largest absolute Gasteiger partial charge is 0.493 e. The topological polar surface area (TPSA) is 33.7 Å². The molecular formula is C17H24N2O2. The van der Waals surface area contributed by atoms with Gasteiger partial charge >= 0.3 is 0 Å². The first-order valence-electron chi connectivity index (χ1n) is 8.14. The molecule has 0 spiro atoms. The molecular weight excluding hydrogens is 264 g/mol. The van der Waals surface area contributed by atoms with Crippen LogP contribution in [0.4, 0.5) is 0 Å². The number of benzene rings is 1. The Hall–Kier alpha value is -1.10. The van der Waals surface area contributed by atoms with Crippen molar-refractivity contribution in [3.05, 3.63) is 29.3 Å². The van der Waals surface area contributed by atoms with E-state index in [1.165, 1.54) is 30.5 Å². The minimum absolute atomic E-state index is 0.208.